The molecule has 0 amide bonds. The molecule has 4 aromatic carbocycles. The van der Waals surface area contributed by atoms with Crippen LogP contribution in [0.3, 0.4) is 0 Å². The van der Waals surface area contributed by atoms with Gasteiger partial charge < -0.3 is 20.4 Å². The summed E-state index contributed by atoms with van der Waals surface area (Å²) in [5, 5.41) is 41.7. The third-order valence-corrected chi connectivity index (χ3v) is 8.52. The van der Waals surface area contributed by atoms with E-state index < -0.39 is 0 Å². The molecule has 200 valence electrons. The molecule has 4 nitrogen and oxygen atoms in total. The third-order valence-electron chi connectivity index (χ3n) is 4.80. The second kappa shape index (κ2) is 13.7. The Morgan fingerprint density at radius 2 is 0.842 bits per heavy atom. The molecule has 0 saturated heterocycles. The first-order valence-corrected chi connectivity index (χ1v) is 14.8. The first kappa shape index (κ1) is 31.7. The van der Waals surface area contributed by atoms with Gasteiger partial charge in [0.05, 0.1) is 28.8 Å². The van der Waals surface area contributed by atoms with Gasteiger partial charge in [0, 0.05) is 37.6 Å². The van der Waals surface area contributed by atoms with Crippen LogP contribution in [-0.4, -0.2) is 20.4 Å². The summed E-state index contributed by atoms with van der Waals surface area (Å²) in [6.45, 7) is 0. The summed E-state index contributed by atoms with van der Waals surface area (Å²) in [4.78, 5) is 0.789. The summed E-state index contributed by atoms with van der Waals surface area (Å²) in [5.41, 5.74) is 1.20. The highest BCUT2D eigenvalue weighted by molar-refractivity contribution is 9.11. The minimum atomic E-state index is -0.119. The lowest BCUT2D eigenvalue weighted by Crippen LogP contribution is -1.92. The third kappa shape index (κ3) is 8.09. The number of benzene rings is 4. The van der Waals surface area contributed by atoms with Crippen molar-refractivity contribution in [2.75, 3.05) is 0 Å². The maximum absolute atomic E-state index is 9.98. The minimum absolute atomic E-state index is 0.0971. The summed E-state index contributed by atoms with van der Waals surface area (Å²) in [7, 11) is 0. The highest BCUT2D eigenvalue weighted by Crippen LogP contribution is 2.46. The Kier molecular flexibility index (Phi) is 11.4. The lowest BCUT2D eigenvalue weighted by molar-refractivity contribution is 0.458. The molecule has 4 rings (SSSR count). The van der Waals surface area contributed by atoms with E-state index >= 15 is 0 Å². The van der Waals surface area contributed by atoms with Gasteiger partial charge in [-0.1, -0.05) is 81.4 Å². The zero-order valence-electron chi connectivity index (χ0n) is 18.5. The van der Waals surface area contributed by atoms with Crippen LogP contribution in [0.1, 0.15) is 11.1 Å². The summed E-state index contributed by atoms with van der Waals surface area (Å²) < 4.78 is 1.02. The Morgan fingerprint density at radius 1 is 0.500 bits per heavy atom. The molecule has 0 unspecified atom stereocenters. The Morgan fingerprint density at radius 3 is 1.21 bits per heavy atom. The van der Waals surface area contributed by atoms with Gasteiger partial charge in [-0.25, -0.2) is 0 Å². The molecule has 13 heteroatoms. The summed E-state index contributed by atoms with van der Waals surface area (Å²) in [6.07, 6.45) is 0.315. The molecular formula is C25H14Br2Cl6O4S. The Bertz CT molecular complexity index is 1300. The van der Waals surface area contributed by atoms with Crippen LogP contribution in [-0.2, 0) is 6.42 Å². The molecule has 0 aromatic heterocycles. The monoisotopic (exact) mass is 778 g/mol. The van der Waals surface area contributed by atoms with Crippen LogP contribution < -0.4 is 0 Å². The molecule has 0 heterocycles. The summed E-state index contributed by atoms with van der Waals surface area (Å²) in [6, 6.07) is 12.4. The van der Waals surface area contributed by atoms with Gasteiger partial charge in [0.1, 0.15) is 23.0 Å². The first-order chi connectivity index (χ1) is 17.8. The number of aromatic hydroxyl groups is 4. The van der Waals surface area contributed by atoms with Crippen LogP contribution in [0, 0.1) is 0 Å². The lowest BCUT2D eigenvalue weighted by Gasteiger charge is -2.10. The van der Waals surface area contributed by atoms with Gasteiger partial charge in [0.25, 0.3) is 0 Å². The molecule has 0 aliphatic carbocycles. The Labute approximate surface area is 269 Å². The quantitative estimate of drug-likeness (QED) is 0.166. The van der Waals surface area contributed by atoms with E-state index in [9.17, 15) is 20.4 Å². The molecule has 0 radical (unpaired) electrons. The van der Waals surface area contributed by atoms with Gasteiger partial charge in [0.15, 0.2) is 0 Å². The van der Waals surface area contributed by atoms with E-state index in [-0.39, 0.29) is 33.0 Å². The standard InChI is InChI=1S/C13H8Br2Cl2O2.C12H6Cl4O2S/c14-10-4-8(16)2-6(12(10)18)1-7-3-9(17)5-11(15)13(7)19;13-5-1-7(15)11(17)9(3-5)19-10-4-6(14)2-8(16)12(10)18/h2-5,18-19H,1H2;1-4,17-18H. The number of rotatable bonds is 4. The molecular weight excluding hydrogens is 769 g/mol. The largest absolute Gasteiger partial charge is 0.506 e. The van der Waals surface area contributed by atoms with Gasteiger partial charge in [-0.2, -0.15) is 0 Å². The van der Waals surface area contributed by atoms with Crippen molar-refractivity contribution in [2.45, 2.75) is 16.2 Å². The maximum Gasteiger partial charge on any atom is 0.148 e. The SMILES string of the molecule is Oc1c(Br)cc(Cl)cc1Cc1cc(Cl)cc(Br)c1O.Oc1c(Cl)cc(Cl)cc1Sc1cc(Cl)cc(Cl)c1O. The Hall–Kier alpha value is -0.870. The number of halogens is 8. The highest BCUT2D eigenvalue weighted by Gasteiger charge is 2.15. The second-order valence-electron chi connectivity index (χ2n) is 7.54. The molecule has 0 atom stereocenters. The predicted molar refractivity (Wildman–Crippen MR) is 165 cm³/mol. The minimum Gasteiger partial charge on any atom is -0.506 e. The predicted octanol–water partition coefficient (Wildman–Crippen LogP) is 11.4. The molecule has 0 aliphatic rings. The number of phenols is 4. The van der Waals surface area contributed by atoms with Gasteiger partial charge in [-0.15, -0.1) is 0 Å². The number of hydrogen-bond acceptors (Lipinski definition) is 5. The van der Waals surface area contributed by atoms with E-state index in [2.05, 4.69) is 31.9 Å². The molecule has 4 aromatic rings. The average molecular weight is 783 g/mol. The van der Waals surface area contributed by atoms with Gasteiger partial charge in [-0.05, 0) is 80.4 Å². The zero-order chi connectivity index (χ0) is 28.3. The van der Waals surface area contributed by atoms with Crippen LogP contribution in [0.15, 0.2) is 67.3 Å². The first-order valence-electron chi connectivity index (χ1n) is 10.1. The van der Waals surface area contributed by atoms with E-state index in [1.807, 2.05) is 0 Å². The highest BCUT2D eigenvalue weighted by atomic mass is 79.9. The van der Waals surface area contributed by atoms with Crippen LogP contribution in [0.4, 0.5) is 0 Å². The smallest absolute Gasteiger partial charge is 0.148 e. The van der Waals surface area contributed by atoms with Crippen molar-refractivity contribution < 1.29 is 20.4 Å². The lowest BCUT2D eigenvalue weighted by atomic mass is 10.0. The molecule has 0 aliphatic heterocycles. The van der Waals surface area contributed by atoms with Crippen molar-refractivity contribution in [2.24, 2.45) is 0 Å². The van der Waals surface area contributed by atoms with Crippen LogP contribution in [0.25, 0.3) is 0 Å². The second-order valence-corrected chi connectivity index (χ2v) is 12.9. The van der Waals surface area contributed by atoms with Crippen LogP contribution >= 0.6 is 113 Å². The van der Waals surface area contributed by atoms with Crippen molar-refractivity contribution in [1.82, 2.24) is 0 Å². The summed E-state index contributed by atoms with van der Waals surface area (Å²) in [5.74, 6) is -0.0436. The van der Waals surface area contributed by atoms with Crippen molar-refractivity contribution in [3.05, 3.63) is 98.7 Å². The molecule has 0 saturated carbocycles. The molecule has 4 N–H and O–H groups in total. The van der Waals surface area contributed by atoms with Crippen LogP contribution in [0.5, 0.6) is 23.0 Å². The van der Waals surface area contributed by atoms with Gasteiger partial charge in [-0.3, -0.25) is 0 Å². The molecule has 0 spiro atoms. The van der Waals surface area contributed by atoms with Gasteiger partial charge in [0.2, 0.25) is 0 Å². The fraction of sp³-hybridized carbons (Fsp3) is 0.0400. The average Bonchev–Trinajstić information content (AvgIpc) is 2.82. The molecule has 0 bridgehead atoms. The van der Waals surface area contributed by atoms with Crippen molar-refractivity contribution in [1.29, 1.82) is 0 Å². The van der Waals surface area contributed by atoms with Crippen LogP contribution in [0.2, 0.25) is 30.1 Å². The molecule has 0 fully saturated rings. The normalized spacial score (nSPS) is 10.7. The fourth-order valence-electron chi connectivity index (χ4n) is 3.07. The van der Waals surface area contributed by atoms with Crippen molar-refractivity contribution in [3.63, 3.8) is 0 Å². The van der Waals surface area contributed by atoms with Crippen molar-refractivity contribution >= 4 is 113 Å². The maximum atomic E-state index is 9.98. The topological polar surface area (TPSA) is 80.9 Å². The number of hydrogen-bond donors (Lipinski definition) is 4. The van der Waals surface area contributed by atoms with E-state index in [1.165, 1.54) is 24.3 Å². The zero-order valence-corrected chi connectivity index (χ0v) is 27.1. The van der Waals surface area contributed by atoms with E-state index in [1.54, 1.807) is 24.3 Å². The molecule has 38 heavy (non-hydrogen) atoms. The van der Waals surface area contributed by atoms with E-state index in [0.717, 1.165) is 11.8 Å². The van der Waals surface area contributed by atoms with E-state index in [0.29, 0.717) is 56.4 Å². The van der Waals surface area contributed by atoms with E-state index in [4.69, 9.17) is 69.6 Å². The fourth-order valence-corrected chi connectivity index (χ4v) is 7.07. The Balaban J connectivity index is 0.000000211. The summed E-state index contributed by atoms with van der Waals surface area (Å²) >= 11 is 42.8. The van der Waals surface area contributed by atoms with Crippen molar-refractivity contribution in [3.8, 4) is 23.0 Å². The van der Waals surface area contributed by atoms with Gasteiger partial charge >= 0.3 is 0 Å². The number of phenolic OH excluding ortho intramolecular Hbond substituents is 4.